The third-order valence-electron chi connectivity index (χ3n) is 2.06. The molecule has 0 saturated heterocycles. The van der Waals surface area contributed by atoms with Crippen LogP contribution in [0.15, 0.2) is 0 Å². The average molecular weight is 229 g/mol. The molecule has 0 saturated carbocycles. The molecule has 16 heavy (non-hydrogen) atoms. The number of hydrogen-bond acceptors (Lipinski definition) is 3. The van der Waals surface area contributed by atoms with Crippen molar-refractivity contribution in [3.63, 3.8) is 0 Å². The minimum atomic E-state index is -0.529. The van der Waals surface area contributed by atoms with Gasteiger partial charge in [-0.15, -0.1) is 0 Å². The van der Waals surface area contributed by atoms with E-state index in [9.17, 15) is 9.59 Å². The molecule has 0 aliphatic heterocycles. The predicted octanol–water partition coefficient (Wildman–Crippen LogP) is 0.00220. The lowest BCUT2D eigenvalue weighted by Crippen LogP contribution is -2.45. The zero-order valence-corrected chi connectivity index (χ0v) is 10.4. The normalized spacial score (nSPS) is 12.3. The second kappa shape index (κ2) is 8.10. The first kappa shape index (κ1) is 14.9. The Balaban J connectivity index is 3.75. The van der Waals surface area contributed by atoms with Gasteiger partial charge in [0.05, 0.1) is 12.6 Å². The molecule has 0 aromatic carbocycles. The highest BCUT2D eigenvalue weighted by molar-refractivity contribution is 5.87. The lowest BCUT2D eigenvalue weighted by Gasteiger charge is -2.13. The highest BCUT2D eigenvalue weighted by Crippen LogP contribution is 2.02. The van der Waals surface area contributed by atoms with Crippen molar-refractivity contribution in [3.8, 4) is 0 Å². The van der Waals surface area contributed by atoms with Gasteiger partial charge in [0, 0.05) is 6.54 Å². The van der Waals surface area contributed by atoms with Crippen LogP contribution in [0.2, 0.25) is 0 Å². The van der Waals surface area contributed by atoms with Crippen LogP contribution in [0.25, 0.3) is 0 Å². The van der Waals surface area contributed by atoms with E-state index >= 15 is 0 Å². The molecule has 0 bridgehead atoms. The summed E-state index contributed by atoms with van der Waals surface area (Å²) < 4.78 is 0. The number of carbonyl (C=O) groups excluding carboxylic acids is 2. The molecule has 0 aliphatic carbocycles. The van der Waals surface area contributed by atoms with E-state index in [1.54, 1.807) is 0 Å². The molecule has 5 nitrogen and oxygen atoms in total. The highest BCUT2D eigenvalue weighted by Gasteiger charge is 2.15. The molecule has 0 spiro atoms. The van der Waals surface area contributed by atoms with E-state index < -0.39 is 6.04 Å². The van der Waals surface area contributed by atoms with Crippen molar-refractivity contribution in [1.82, 2.24) is 10.6 Å². The molecule has 1 atom stereocenters. The van der Waals surface area contributed by atoms with Gasteiger partial charge in [0.25, 0.3) is 0 Å². The van der Waals surface area contributed by atoms with E-state index in [1.807, 2.05) is 20.8 Å². The van der Waals surface area contributed by atoms with Crippen molar-refractivity contribution in [2.24, 2.45) is 11.7 Å². The maximum atomic E-state index is 11.4. The summed E-state index contributed by atoms with van der Waals surface area (Å²) in [6.45, 7) is 6.61. The monoisotopic (exact) mass is 229 g/mol. The number of nitrogens with one attached hydrogen (secondary N) is 2. The van der Waals surface area contributed by atoms with Crippen molar-refractivity contribution < 1.29 is 9.59 Å². The van der Waals surface area contributed by atoms with Gasteiger partial charge >= 0.3 is 0 Å². The molecule has 0 aromatic rings. The topological polar surface area (TPSA) is 84.2 Å². The van der Waals surface area contributed by atoms with Crippen molar-refractivity contribution in [2.45, 2.75) is 39.7 Å². The lowest BCUT2D eigenvalue weighted by atomic mass is 10.0. The Morgan fingerprint density at radius 2 is 1.88 bits per heavy atom. The van der Waals surface area contributed by atoms with E-state index in [2.05, 4.69) is 10.6 Å². The number of carbonyl (C=O) groups is 2. The highest BCUT2D eigenvalue weighted by atomic mass is 16.2. The summed E-state index contributed by atoms with van der Waals surface area (Å²) in [6, 6.07) is -0.529. The van der Waals surface area contributed by atoms with E-state index in [1.165, 1.54) is 0 Å². The van der Waals surface area contributed by atoms with Crippen LogP contribution in [0, 0.1) is 5.92 Å². The number of hydrogen-bond donors (Lipinski definition) is 3. The Morgan fingerprint density at radius 1 is 1.25 bits per heavy atom. The van der Waals surface area contributed by atoms with Gasteiger partial charge in [-0.25, -0.2) is 0 Å². The van der Waals surface area contributed by atoms with Crippen LogP contribution in [0.5, 0.6) is 0 Å². The summed E-state index contributed by atoms with van der Waals surface area (Å²) in [5, 5.41) is 5.19. The van der Waals surface area contributed by atoms with Crippen molar-refractivity contribution >= 4 is 11.8 Å². The molecule has 0 radical (unpaired) electrons. The minimum Gasteiger partial charge on any atom is -0.355 e. The van der Waals surface area contributed by atoms with Gasteiger partial charge < -0.3 is 16.4 Å². The third kappa shape index (κ3) is 7.23. The summed E-state index contributed by atoms with van der Waals surface area (Å²) >= 11 is 0. The smallest absolute Gasteiger partial charge is 0.239 e. The fraction of sp³-hybridized carbons (Fsp3) is 0.818. The second-order valence-electron chi connectivity index (χ2n) is 4.30. The first-order valence-corrected chi connectivity index (χ1v) is 5.77. The van der Waals surface area contributed by atoms with Crippen LogP contribution in [-0.2, 0) is 9.59 Å². The predicted molar refractivity (Wildman–Crippen MR) is 63.7 cm³/mol. The first-order chi connectivity index (χ1) is 7.47. The molecule has 4 N–H and O–H groups in total. The van der Waals surface area contributed by atoms with E-state index in [0.29, 0.717) is 18.9 Å². The van der Waals surface area contributed by atoms with Crippen LogP contribution in [0.1, 0.15) is 33.6 Å². The van der Waals surface area contributed by atoms with Crippen LogP contribution < -0.4 is 16.4 Å². The van der Waals surface area contributed by atoms with Gasteiger partial charge in [0.2, 0.25) is 11.8 Å². The standard InChI is InChI=1S/C11H23N3O2/c1-4-5-13-10(15)7-14-11(16)9(12)6-8(2)3/h8-9H,4-7,12H2,1-3H3,(H,13,15)(H,14,16). The number of amides is 2. The van der Waals surface area contributed by atoms with E-state index in [4.69, 9.17) is 5.73 Å². The zero-order chi connectivity index (χ0) is 12.6. The molecular weight excluding hydrogens is 206 g/mol. The third-order valence-corrected chi connectivity index (χ3v) is 2.06. The lowest BCUT2D eigenvalue weighted by molar-refractivity contribution is -0.127. The largest absolute Gasteiger partial charge is 0.355 e. The maximum absolute atomic E-state index is 11.4. The molecule has 0 rings (SSSR count). The Bertz CT molecular complexity index is 229. The van der Waals surface area contributed by atoms with Crippen molar-refractivity contribution in [1.29, 1.82) is 0 Å². The quantitative estimate of drug-likeness (QED) is 0.574. The molecule has 94 valence electrons. The summed E-state index contributed by atoms with van der Waals surface area (Å²) in [6.07, 6.45) is 1.51. The minimum absolute atomic E-state index is 0.00459. The van der Waals surface area contributed by atoms with Gasteiger partial charge in [-0.1, -0.05) is 20.8 Å². The van der Waals surface area contributed by atoms with E-state index in [-0.39, 0.29) is 18.4 Å². The Labute approximate surface area is 97.2 Å². The van der Waals surface area contributed by atoms with Crippen molar-refractivity contribution in [2.75, 3.05) is 13.1 Å². The fourth-order valence-corrected chi connectivity index (χ4v) is 1.24. The Kier molecular flexibility index (Phi) is 7.54. The fourth-order valence-electron chi connectivity index (χ4n) is 1.24. The SMILES string of the molecule is CCCNC(=O)CNC(=O)C(N)CC(C)C. The van der Waals surface area contributed by atoms with Gasteiger partial charge in [0.1, 0.15) is 0 Å². The van der Waals surface area contributed by atoms with E-state index in [0.717, 1.165) is 6.42 Å². The summed E-state index contributed by atoms with van der Waals surface area (Å²) in [4.78, 5) is 22.6. The van der Waals surface area contributed by atoms with Gasteiger partial charge in [0.15, 0.2) is 0 Å². The van der Waals surface area contributed by atoms with Crippen molar-refractivity contribution in [3.05, 3.63) is 0 Å². The summed E-state index contributed by atoms with van der Waals surface area (Å²) in [7, 11) is 0. The van der Waals surface area contributed by atoms with Crippen LogP contribution in [-0.4, -0.2) is 30.9 Å². The van der Waals surface area contributed by atoms with Gasteiger partial charge in [-0.2, -0.15) is 0 Å². The Hall–Kier alpha value is -1.10. The molecule has 0 heterocycles. The Morgan fingerprint density at radius 3 is 2.38 bits per heavy atom. The summed E-state index contributed by atoms with van der Waals surface area (Å²) in [5.41, 5.74) is 5.66. The molecule has 2 amide bonds. The van der Waals surface area contributed by atoms with Crippen LogP contribution in [0.3, 0.4) is 0 Å². The molecule has 5 heteroatoms. The average Bonchev–Trinajstić information content (AvgIpc) is 2.21. The maximum Gasteiger partial charge on any atom is 0.239 e. The van der Waals surface area contributed by atoms with Crippen LogP contribution >= 0.6 is 0 Å². The second-order valence-corrected chi connectivity index (χ2v) is 4.30. The zero-order valence-electron chi connectivity index (χ0n) is 10.4. The van der Waals surface area contributed by atoms with Gasteiger partial charge in [-0.3, -0.25) is 9.59 Å². The first-order valence-electron chi connectivity index (χ1n) is 5.77. The molecule has 0 aromatic heterocycles. The molecule has 1 unspecified atom stereocenters. The number of rotatable bonds is 7. The number of nitrogens with two attached hydrogens (primary N) is 1. The molecular formula is C11H23N3O2. The molecule has 0 fully saturated rings. The molecule has 0 aliphatic rings. The van der Waals surface area contributed by atoms with Crippen LogP contribution in [0.4, 0.5) is 0 Å². The summed E-state index contributed by atoms with van der Waals surface area (Å²) in [5.74, 6) is -0.0676. The van der Waals surface area contributed by atoms with Gasteiger partial charge in [-0.05, 0) is 18.8 Å².